The van der Waals surface area contributed by atoms with Gasteiger partial charge in [0.1, 0.15) is 5.75 Å². The van der Waals surface area contributed by atoms with Crippen LogP contribution in [0.15, 0.2) is 54.6 Å². The van der Waals surface area contributed by atoms with Gasteiger partial charge in [0.05, 0.1) is 17.6 Å². The fourth-order valence-electron chi connectivity index (χ4n) is 3.80. The second kappa shape index (κ2) is 7.78. The first-order valence-corrected chi connectivity index (χ1v) is 9.66. The van der Waals surface area contributed by atoms with Crippen LogP contribution in [0.1, 0.15) is 41.3 Å². The number of nitrogens with zero attached hydrogens (tertiary/aromatic N) is 1. The first-order chi connectivity index (χ1) is 14.4. The van der Waals surface area contributed by atoms with Crippen LogP contribution in [-0.2, 0) is 6.54 Å². The number of para-hydroxylation sites is 1. The number of nitrogens with two attached hydrogens (primary N) is 1. The Morgan fingerprint density at radius 3 is 2.60 bits per heavy atom. The normalized spacial score (nSPS) is 11.7. The van der Waals surface area contributed by atoms with Crippen molar-refractivity contribution in [2.45, 2.75) is 32.9 Å². The number of carbonyl (C=O) groups excluding carboxylic acids is 1. The molecule has 4 aromatic rings. The number of amides is 1. The molecular formula is C24H21F2N2O2. The highest BCUT2D eigenvalue weighted by molar-refractivity contribution is 6.17. The van der Waals surface area contributed by atoms with E-state index < -0.39 is 12.5 Å². The molecule has 0 aliphatic carbocycles. The number of aromatic nitrogens is 1. The van der Waals surface area contributed by atoms with Crippen molar-refractivity contribution in [3.63, 3.8) is 0 Å². The molecule has 0 aliphatic heterocycles. The van der Waals surface area contributed by atoms with Gasteiger partial charge in [0, 0.05) is 21.9 Å². The number of ether oxygens (including phenoxy) is 1. The van der Waals surface area contributed by atoms with Gasteiger partial charge in [-0.3, -0.25) is 4.79 Å². The van der Waals surface area contributed by atoms with Gasteiger partial charge in [0.2, 0.25) is 5.91 Å². The van der Waals surface area contributed by atoms with Crippen LogP contribution in [0.3, 0.4) is 0 Å². The van der Waals surface area contributed by atoms with Crippen molar-refractivity contribution in [3.8, 4) is 5.75 Å². The minimum absolute atomic E-state index is 0.123. The maximum absolute atomic E-state index is 12.9. The van der Waals surface area contributed by atoms with Gasteiger partial charge < -0.3 is 15.0 Å². The van der Waals surface area contributed by atoms with Crippen LogP contribution in [0.2, 0.25) is 0 Å². The minimum Gasteiger partial charge on any atom is -0.434 e. The van der Waals surface area contributed by atoms with Crippen LogP contribution in [0.5, 0.6) is 5.75 Å². The molecule has 3 aromatic carbocycles. The van der Waals surface area contributed by atoms with Crippen molar-refractivity contribution in [1.29, 1.82) is 0 Å². The van der Waals surface area contributed by atoms with E-state index in [2.05, 4.69) is 26.0 Å². The zero-order valence-corrected chi connectivity index (χ0v) is 16.7. The Hall–Kier alpha value is -3.41. The van der Waals surface area contributed by atoms with Gasteiger partial charge in [-0.25, -0.2) is 0 Å². The van der Waals surface area contributed by atoms with Crippen molar-refractivity contribution in [2.75, 3.05) is 0 Å². The lowest BCUT2D eigenvalue weighted by molar-refractivity contribution is -0.0504. The average Bonchev–Trinajstić information content (AvgIpc) is 3.02. The van der Waals surface area contributed by atoms with Crippen LogP contribution < -0.4 is 10.5 Å². The fraction of sp³-hybridized carbons (Fsp3) is 0.208. The Balaban J connectivity index is 1.99. The molecule has 1 amide bonds. The van der Waals surface area contributed by atoms with E-state index in [0.29, 0.717) is 23.1 Å². The molecule has 0 bridgehead atoms. The summed E-state index contributed by atoms with van der Waals surface area (Å²) in [4.78, 5) is 12.1. The van der Waals surface area contributed by atoms with Gasteiger partial charge in [-0.1, -0.05) is 44.2 Å². The molecule has 0 atom stereocenters. The topological polar surface area (TPSA) is 57.2 Å². The van der Waals surface area contributed by atoms with E-state index in [1.807, 2.05) is 16.7 Å². The summed E-state index contributed by atoms with van der Waals surface area (Å²) in [5.74, 6) is -0.123. The number of hydrogen-bond acceptors (Lipinski definition) is 2. The summed E-state index contributed by atoms with van der Waals surface area (Å²) < 4.78 is 32.5. The number of hydrogen-bond donors (Lipinski definition) is 1. The van der Waals surface area contributed by atoms with Gasteiger partial charge in [0.15, 0.2) is 0 Å². The van der Waals surface area contributed by atoms with E-state index in [-0.39, 0.29) is 11.7 Å². The fourth-order valence-corrected chi connectivity index (χ4v) is 3.80. The van der Waals surface area contributed by atoms with Gasteiger partial charge >= 0.3 is 6.61 Å². The third kappa shape index (κ3) is 3.49. The maximum atomic E-state index is 12.9. The third-order valence-corrected chi connectivity index (χ3v) is 5.27. The van der Waals surface area contributed by atoms with Crippen molar-refractivity contribution in [1.82, 2.24) is 4.57 Å². The lowest BCUT2D eigenvalue weighted by Crippen LogP contribution is -2.11. The molecule has 2 N–H and O–H groups in total. The molecule has 30 heavy (non-hydrogen) atoms. The van der Waals surface area contributed by atoms with Crippen LogP contribution in [-0.4, -0.2) is 17.1 Å². The molecule has 4 nitrogen and oxygen atoms in total. The molecule has 153 valence electrons. The van der Waals surface area contributed by atoms with Crippen LogP contribution in [0, 0.1) is 6.07 Å². The van der Waals surface area contributed by atoms with E-state index >= 15 is 0 Å². The lowest BCUT2D eigenvalue weighted by atomic mass is 10.00. The lowest BCUT2D eigenvalue weighted by Gasteiger charge is -2.14. The minimum atomic E-state index is -2.91. The second-order valence-electron chi connectivity index (χ2n) is 7.48. The smallest absolute Gasteiger partial charge is 0.387 e. The molecule has 1 aromatic heterocycles. The molecule has 0 aliphatic rings. The summed E-state index contributed by atoms with van der Waals surface area (Å²) >= 11 is 0. The Morgan fingerprint density at radius 2 is 1.90 bits per heavy atom. The molecule has 4 rings (SSSR count). The highest BCUT2D eigenvalue weighted by atomic mass is 19.3. The summed E-state index contributed by atoms with van der Waals surface area (Å²) in [7, 11) is 0. The van der Waals surface area contributed by atoms with E-state index in [0.717, 1.165) is 22.0 Å². The summed E-state index contributed by atoms with van der Waals surface area (Å²) in [6.45, 7) is 1.55. The number of primary amides is 1. The number of rotatable bonds is 6. The van der Waals surface area contributed by atoms with Crippen molar-refractivity contribution in [2.24, 2.45) is 5.73 Å². The van der Waals surface area contributed by atoms with Crippen molar-refractivity contribution >= 4 is 27.7 Å². The molecule has 0 unspecified atom stereocenters. The SMILES string of the molecule is CC(C)c1c[c]c2c3c(C(N)=O)cccc3n(Cc3ccccc3OC(F)F)c2c1. The van der Waals surface area contributed by atoms with Crippen molar-refractivity contribution in [3.05, 3.63) is 77.4 Å². The highest BCUT2D eigenvalue weighted by Crippen LogP contribution is 2.35. The number of alkyl halides is 2. The monoisotopic (exact) mass is 407 g/mol. The van der Waals surface area contributed by atoms with Gasteiger partial charge in [-0.15, -0.1) is 0 Å². The quantitative estimate of drug-likeness (QED) is 0.461. The largest absolute Gasteiger partial charge is 0.434 e. The second-order valence-corrected chi connectivity index (χ2v) is 7.48. The predicted molar refractivity (Wildman–Crippen MR) is 113 cm³/mol. The molecule has 0 saturated carbocycles. The number of fused-ring (bicyclic) bond motifs is 3. The first-order valence-electron chi connectivity index (χ1n) is 9.66. The first kappa shape index (κ1) is 19.9. The van der Waals surface area contributed by atoms with Crippen LogP contribution in [0.25, 0.3) is 21.8 Å². The van der Waals surface area contributed by atoms with Gasteiger partial charge in [-0.05, 0) is 41.8 Å². The molecule has 1 heterocycles. The average molecular weight is 407 g/mol. The van der Waals surface area contributed by atoms with E-state index in [9.17, 15) is 13.6 Å². The van der Waals surface area contributed by atoms with Crippen LogP contribution in [0.4, 0.5) is 8.78 Å². The Bertz CT molecular complexity index is 1240. The van der Waals surface area contributed by atoms with Gasteiger partial charge in [0.25, 0.3) is 0 Å². The zero-order chi connectivity index (χ0) is 21.4. The molecule has 1 radical (unpaired) electrons. The Morgan fingerprint density at radius 1 is 1.13 bits per heavy atom. The standard InChI is InChI=1S/C24H21F2N2O2/c1-14(2)15-10-11-17-20(12-15)28(19-8-5-7-18(22(17)19)23(27)29)13-16-6-3-4-9-21(16)30-24(25)26/h3-10,12,14,24H,13H2,1-2H3,(H2,27,29). The van der Waals surface area contributed by atoms with E-state index in [4.69, 9.17) is 10.5 Å². The molecular weight excluding hydrogens is 386 g/mol. The van der Waals surface area contributed by atoms with E-state index in [1.54, 1.807) is 30.3 Å². The molecule has 6 heteroatoms. The maximum Gasteiger partial charge on any atom is 0.387 e. The van der Waals surface area contributed by atoms with Gasteiger partial charge in [-0.2, -0.15) is 8.78 Å². The van der Waals surface area contributed by atoms with Crippen molar-refractivity contribution < 1.29 is 18.3 Å². The summed E-state index contributed by atoms with van der Waals surface area (Å²) in [6, 6.07) is 19.3. The number of benzene rings is 3. The Kier molecular flexibility index (Phi) is 5.16. The summed E-state index contributed by atoms with van der Waals surface area (Å²) in [6.07, 6.45) is 0. The summed E-state index contributed by atoms with van der Waals surface area (Å²) in [5.41, 5.74) is 9.36. The third-order valence-electron chi connectivity index (χ3n) is 5.27. The molecule has 0 fully saturated rings. The predicted octanol–water partition coefficient (Wildman–Crippen LogP) is 5.47. The van der Waals surface area contributed by atoms with Crippen LogP contribution >= 0.6 is 0 Å². The van der Waals surface area contributed by atoms with E-state index in [1.165, 1.54) is 6.07 Å². The Labute approximate surface area is 172 Å². The molecule has 0 spiro atoms. The number of carbonyl (C=O) groups is 1. The molecule has 0 saturated heterocycles. The number of halogens is 2. The zero-order valence-electron chi connectivity index (χ0n) is 16.7. The summed E-state index contributed by atoms with van der Waals surface area (Å²) in [5, 5.41) is 1.48. The highest BCUT2D eigenvalue weighted by Gasteiger charge is 2.19.